The van der Waals surface area contributed by atoms with Crippen LogP contribution in [-0.2, 0) is 16.9 Å². The van der Waals surface area contributed by atoms with Gasteiger partial charge in [0.25, 0.3) is 0 Å². The Balaban J connectivity index is 2.76. The SMILES string of the molecule is Cn1nc(-c2cc(O)c(Cl)cc2F)c(Cl)c1S(C)(=O)=O. The molecule has 0 bridgehead atoms. The first kappa shape index (κ1) is 15.1. The first-order valence-electron chi connectivity index (χ1n) is 5.24. The molecule has 0 aliphatic rings. The topological polar surface area (TPSA) is 72.2 Å². The molecule has 0 fully saturated rings. The third-order valence-corrected chi connectivity index (χ3v) is 4.53. The number of aromatic nitrogens is 2. The van der Waals surface area contributed by atoms with Crippen molar-refractivity contribution >= 4 is 33.0 Å². The molecule has 0 atom stereocenters. The van der Waals surface area contributed by atoms with Crippen molar-refractivity contribution in [1.29, 1.82) is 0 Å². The molecule has 0 unspecified atom stereocenters. The lowest BCUT2D eigenvalue weighted by molar-refractivity contribution is 0.474. The van der Waals surface area contributed by atoms with E-state index in [-0.39, 0.29) is 32.1 Å². The molecule has 0 saturated carbocycles. The van der Waals surface area contributed by atoms with Gasteiger partial charge in [-0.25, -0.2) is 12.8 Å². The second-order valence-corrected chi connectivity index (χ2v) is 6.86. The Morgan fingerprint density at radius 3 is 2.45 bits per heavy atom. The van der Waals surface area contributed by atoms with Crippen LogP contribution >= 0.6 is 23.2 Å². The van der Waals surface area contributed by atoms with E-state index < -0.39 is 15.7 Å². The molecule has 1 aromatic heterocycles. The maximum atomic E-state index is 13.9. The van der Waals surface area contributed by atoms with E-state index in [0.29, 0.717) is 0 Å². The highest BCUT2D eigenvalue weighted by Crippen LogP contribution is 2.37. The van der Waals surface area contributed by atoms with Gasteiger partial charge in [0.2, 0.25) is 0 Å². The van der Waals surface area contributed by atoms with Crippen LogP contribution in [0.25, 0.3) is 11.3 Å². The van der Waals surface area contributed by atoms with E-state index in [1.807, 2.05) is 0 Å². The minimum atomic E-state index is -3.62. The summed E-state index contributed by atoms with van der Waals surface area (Å²) in [5.74, 6) is -1.13. The van der Waals surface area contributed by atoms with E-state index in [1.165, 1.54) is 7.05 Å². The Morgan fingerprint density at radius 2 is 1.95 bits per heavy atom. The summed E-state index contributed by atoms with van der Waals surface area (Å²) < 4.78 is 38.2. The Morgan fingerprint density at radius 1 is 1.35 bits per heavy atom. The summed E-state index contributed by atoms with van der Waals surface area (Å²) in [5.41, 5.74) is -0.221. The van der Waals surface area contributed by atoms with Gasteiger partial charge in [-0.1, -0.05) is 23.2 Å². The number of benzene rings is 1. The van der Waals surface area contributed by atoms with Crippen LogP contribution < -0.4 is 0 Å². The molecule has 20 heavy (non-hydrogen) atoms. The summed E-state index contributed by atoms with van der Waals surface area (Å²) in [6.45, 7) is 0. The summed E-state index contributed by atoms with van der Waals surface area (Å²) in [6, 6.07) is 1.94. The number of hydrogen-bond acceptors (Lipinski definition) is 4. The van der Waals surface area contributed by atoms with Crippen molar-refractivity contribution in [3.05, 3.63) is 28.0 Å². The minimum Gasteiger partial charge on any atom is -0.506 e. The molecular weight excluding hydrogens is 330 g/mol. The summed E-state index contributed by atoms with van der Waals surface area (Å²) in [5, 5.41) is 12.8. The second-order valence-electron chi connectivity index (χ2n) is 4.15. The highest BCUT2D eigenvalue weighted by Gasteiger charge is 2.25. The average molecular weight is 339 g/mol. The van der Waals surface area contributed by atoms with Gasteiger partial charge in [0, 0.05) is 18.9 Å². The monoisotopic (exact) mass is 338 g/mol. The number of phenolic OH excluding ortho intramolecular Hbond substituents is 1. The third-order valence-electron chi connectivity index (χ3n) is 2.58. The predicted octanol–water partition coefficient (Wildman–Crippen LogP) is 2.64. The summed E-state index contributed by atoms with van der Waals surface area (Å²) in [6.07, 6.45) is 0.968. The van der Waals surface area contributed by atoms with Crippen LogP contribution in [0.3, 0.4) is 0 Å². The quantitative estimate of drug-likeness (QED) is 0.913. The zero-order valence-corrected chi connectivity index (χ0v) is 12.7. The van der Waals surface area contributed by atoms with Gasteiger partial charge in [-0.15, -0.1) is 0 Å². The maximum absolute atomic E-state index is 13.9. The smallest absolute Gasteiger partial charge is 0.193 e. The summed E-state index contributed by atoms with van der Waals surface area (Å²) >= 11 is 11.5. The molecule has 0 amide bonds. The second kappa shape index (κ2) is 4.91. The Hall–Kier alpha value is -1.31. The number of aromatic hydroxyl groups is 1. The van der Waals surface area contributed by atoms with Gasteiger partial charge >= 0.3 is 0 Å². The van der Waals surface area contributed by atoms with Crippen LogP contribution in [0.5, 0.6) is 5.75 Å². The number of phenols is 1. The molecule has 1 heterocycles. The molecule has 0 radical (unpaired) electrons. The van der Waals surface area contributed by atoms with E-state index in [1.54, 1.807) is 0 Å². The first-order valence-corrected chi connectivity index (χ1v) is 7.88. The number of halogens is 3. The van der Waals surface area contributed by atoms with E-state index in [4.69, 9.17) is 23.2 Å². The zero-order chi connectivity index (χ0) is 15.2. The number of sulfone groups is 1. The Labute approximate surface area is 124 Å². The molecule has 0 aliphatic heterocycles. The van der Waals surface area contributed by atoms with E-state index in [9.17, 15) is 17.9 Å². The lowest BCUT2D eigenvalue weighted by Crippen LogP contribution is -2.05. The van der Waals surface area contributed by atoms with Crippen LogP contribution in [0.2, 0.25) is 10.0 Å². The van der Waals surface area contributed by atoms with Crippen LogP contribution in [-0.4, -0.2) is 29.6 Å². The predicted molar refractivity (Wildman–Crippen MR) is 73.4 cm³/mol. The molecule has 1 aromatic carbocycles. The van der Waals surface area contributed by atoms with Crippen molar-refractivity contribution in [2.24, 2.45) is 7.05 Å². The number of rotatable bonds is 2. The number of hydrogen-bond donors (Lipinski definition) is 1. The zero-order valence-electron chi connectivity index (χ0n) is 10.4. The fourth-order valence-electron chi connectivity index (χ4n) is 1.78. The molecule has 2 aromatic rings. The van der Waals surface area contributed by atoms with Gasteiger partial charge in [-0.05, 0) is 12.1 Å². The maximum Gasteiger partial charge on any atom is 0.193 e. The van der Waals surface area contributed by atoms with Gasteiger partial charge in [0.05, 0.1) is 5.02 Å². The molecule has 0 saturated heterocycles. The minimum absolute atomic E-state index is 0.0842. The molecule has 1 N–H and O–H groups in total. The van der Waals surface area contributed by atoms with Crippen molar-refractivity contribution in [1.82, 2.24) is 9.78 Å². The summed E-state index contributed by atoms with van der Waals surface area (Å²) in [4.78, 5) is 0. The third kappa shape index (κ3) is 2.48. The fraction of sp³-hybridized carbons (Fsp3) is 0.182. The Bertz CT molecular complexity index is 802. The van der Waals surface area contributed by atoms with Crippen LogP contribution in [0.15, 0.2) is 17.2 Å². The van der Waals surface area contributed by atoms with E-state index in [2.05, 4.69) is 5.10 Å². The highest BCUT2D eigenvalue weighted by molar-refractivity contribution is 7.90. The average Bonchev–Trinajstić information content (AvgIpc) is 2.58. The molecule has 5 nitrogen and oxygen atoms in total. The molecule has 2 rings (SSSR count). The summed E-state index contributed by atoms with van der Waals surface area (Å²) in [7, 11) is -2.25. The Kier molecular flexibility index (Phi) is 3.70. The molecule has 9 heteroatoms. The van der Waals surface area contributed by atoms with Crippen LogP contribution in [0.1, 0.15) is 0 Å². The van der Waals surface area contributed by atoms with Crippen molar-refractivity contribution in [3.8, 4) is 17.0 Å². The van der Waals surface area contributed by atoms with Crippen LogP contribution in [0, 0.1) is 5.82 Å². The van der Waals surface area contributed by atoms with Crippen molar-refractivity contribution < 1.29 is 17.9 Å². The van der Waals surface area contributed by atoms with E-state index >= 15 is 0 Å². The van der Waals surface area contributed by atoms with Gasteiger partial charge in [0.1, 0.15) is 22.3 Å². The fourth-order valence-corrected chi connectivity index (χ4v) is 3.55. The number of aryl methyl sites for hydroxylation is 1. The number of nitrogens with zero attached hydrogens (tertiary/aromatic N) is 2. The van der Waals surface area contributed by atoms with Crippen molar-refractivity contribution in [2.45, 2.75) is 5.03 Å². The normalized spacial score (nSPS) is 11.8. The molecule has 0 aliphatic carbocycles. The van der Waals surface area contributed by atoms with Crippen LogP contribution in [0.4, 0.5) is 4.39 Å². The van der Waals surface area contributed by atoms with Gasteiger partial charge in [-0.3, -0.25) is 4.68 Å². The first-order chi connectivity index (χ1) is 9.12. The van der Waals surface area contributed by atoms with Gasteiger partial charge in [-0.2, -0.15) is 5.10 Å². The highest BCUT2D eigenvalue weighted by atomic mass is 35.5. The lowest BCUT2D eigenvalue weighted by Gasteiger charge is -2.03. The lowest BCUT2D eigenvalue weighted by atomic mass is 10.1. The van der Waals surface area contributed by atoms with E-state index in [0.717, 1.165) is 23.1 Å². The molecule has 0 spiro atoms. The molecule has 108 valence electrons. The van der Waals surface area contributed by atoms with Gasteiger partial charge in [0.15, 0.2) is 14.9 Å². The van der Waals surface area contributed by atoms with Gasteiger partial charge < -0.3 is 5.11 Å². The van der Waals surface area contributed by atoms with Crippen molar-refractivity contribution in [2.75, 3.05) is 6.26 Å². The molecular formula is C11H9Cl2FN2O3S. The standard InChI is InChI=1S/C11H9Cl2FN2O3S/c1-16-11(20(2,18)19)9(13)10(15-16)5-3-8(17)6(12)4-7(5)14/h3-4,17H,1-2H3. The largest absolute Gasteiger partial charge is 0.506 e. The van der Waals surface area contributed by atoms with Crippen molar-refractivity contribution in [3.63, 3.8) is 0 Å².